The second kappa shape index (κ2) is 9.78. The second-order valence-electron chi connectivity index (χ2n) is 7.25. The van der Waals surface area contributed by atoms with Crippen molar-refractivity contribution in [2.24, 2.45) is 0 Å². The Morgan fingerprint density at radius 3 is 2.66 bits per heavy atom. The van der Waals surface area contributed by atoms with Crippen molar-refractivity contribution in [3.63, 3.8) is 0 Å². The van der Waals surface area contributed by atoms with Crippen LogP contribution in [0.2, 0.25) is 0 Å². The molecule has 0 bridgehead atoms. The number of benzene rings is 2. The van der Waals surface area contributed by atoms with Gasteiger partial charge in [0.2, 0.25) is 11.8 Å². The molecule has 1 atom stereocenters. The SMILES string of the molecule is COc1cc(/C=C/c2nnc(C(CCCl)c3ccc(F)cc3)o2)ccc1-n1cnc(C)c1. The van der Waals surface area contributed by atoms with Gasteiger partial charge in [0, 0.05) is 18.2 Å². The van der Waals surface area contributed by atoms with Crippen molar-refractivity contribution >= 4 is 23.8 Å². The van der Waals surface area contributed by atoms with Gasteiger partial charge in [-0.15, -0.1) is 21.8 Å². The molecule has 4 aromatic rings. The molecule has 0 saturated carbocycles. The fourth-order valence-electron chi connectivity index (χ4n) is 3.42. The predicted molar refractivity (Wildman–Crippen MR) is 122 cm³/mol. The standard InChI is InChI=1S/C24H22ClFN4O2/c1-16-14-30(15-27-16)21-9-3-17(13-22(21)31-2)4-10-23-28-29-24(32-23)20(11-12-25)18-5-7-19(26)8-6-18/h3-10,13-15,20H,11-12H2,1-2H3/b10-4+. The Labute approximate surface area is 190 Å². The Hall–Kier alpha value is -3.45. The van der Waals surface area contributed by atoms with Crippen LogP contribution in [0.25, 0.3) is 17.8 Å². The van der Waals surface area contributed by atoms with Gasteiger partial charge in [0.1, 0.15) is 11.6 Å². The molecule has 0 saturated heterocycles. The number of alkyl halides is 1. The molecule has 2 heterocycles. The van der Waals surface area contributed by atoms with Crippen LogP contribution in [0.5, 0.6) is 5.75 Å². The van der Waals surface area contributed by atoms with E-state index in [1.165, 1.54) is 12.1 Å². The number of aryl methyl sites for hydroxylation is 1. The Kier molecular flexibility index (Phi) is 6.66. The zero-order chi connectivity index (χ0) is 22.5. The summed E-state index contributed by atoms with van der Waals surface area (Å²) in [4.78, 5) is 4.26. The molecular weight excluding hydrogens is 431 g/mol. The van der Waals surface area contributed by atoms with Gasteiger partial charge in [-0.25, -0.2) is 9.37 Å². The van der Waals surface area contributed by atoms with Crippen LogP contribution in [-0.2, 0) is 0 Å². The van der Waals surface area contributed by atoms with Crippen LogP contribution < -0.4 is 4.74 Å². The zero-order valence-electron chi connectivity index (χ0n) is 17.7. The van der Waals surface area contributed by atoms with E-state index in [0.717, 1.165) is 22.5 Å². The quantitative estimate of drug-likeness (QED) is 0.323. The minimum absolute atomic E-state index is 0.194. The third kappa shape index (κ3) is 4.89. The average Bonchev–Trinajstić information content (AvgIpc) is 3.45. The highest BCUT2D eigenvalue weighted by Crippen LogP contribution is 2.29. The smallest absolute Gasteiger partial charge is 0.240 e. The summed E-state index contributed by atoms with van der Waals surface area (Å²) in [6.45, 7) is 1.94. The van der Waals surface area contributed by atoms with E-state index in [0.29, 0.717) is 29.8 Å². The van der Waals surface area contributed by atoms with Crippen molar-refractivity contribution in [3.8, 4) is 11.4 Å². The molecule has 2 aromatic heterocycles. The van der Waals surface area contributed by atoms with E-state index in [2.05, 4.69) is 15.2 Å². The van der Waals surface area contributed by atoms with Gasteiger partial charge in [-0.1, -0.05) is 18.2 Å². The van der Waals surface area contributed by atoms with Crippen molar-refractivity contribution in [1.82, 2.24) is 19.7 Å². The molecule has 0 radical (unpaired) electrons. The van der Waals surface area contributed by atoms with E-state index in [4.69, 9.17) is 20.8 Å². The van der Waals surface area contributed by atoms with Crippen molar-refractivity contribution in [3.05, 3.63) is 89.4 Å². The number of imidazole rings is 1. The second-order valence-corrected chi connectivity index (χ2v) is 7.63. The topological polar surface area (TPSA) is 66.0 Å². The van der Waals surface area contributed by atoms with Gasteiger partial charge in [-0.05, 0) is 54.8 Å². The van der Waals surface area contributed by atoms with Crippen LogP contribution in [0.15, 0.2) is 59.4 Å². The Balaban J connectivity index is 1.54. The van der Waals surface area contributed by atoms with E-state index in [9.17, 15) is 4.39 Å². The Bertz CT molecular complexity index is 1220. The molecule has 1 unspecified atom stereocenters. The molecule has 0 aliphatic heterocycles. The number of halogens is 2. The first-order valence-corrected chi connectivity index (χ1v) is 10.6. The molecule has 4 rings (SSSR count). The first kappa shape index (κ1) is 21.8. The lowest BCUT2D eigenvalue weighted by molar-refractivity contribution is 0.413. The van der Waals surface area contributed by atoms with Crippen LogP contribution in [0.1, 0.15) is 40.9 Å². The highest BCUT2D eigenvalue weighted by atomic mass is 35.5. The number of methoxy groups -OCH3 is 1. The predicted octanol–water partition coefficient (Wildman–Crippen LogP) is 5.64. The van der Waals surface area contributed by atoms with Gasteiger partial charge in [-0.2, -0.15) is 0 Å². The average molecular weight is 453 g/mol. The Morgan fingerprint density at radius 2 is 1.97 bits per heavy atom. The number of rotatable bonds is 8. The van der Waals surface area contributed by atoms with Crippen LogP contribution in [0.3, 0.4) is 0 Å². The number of hydrogen-bond acceptors (Lipinski definition) is 5. The lowest BCUT2D eigenvalue weighted by atomic mass is 9.96. The molecule has 0 aliphatic rings. The number of nitrogens with zero attached hydrogens (tertiary/aromatic N) is 4. The van der Waals surface area contributed by atoms with Crippen LogP contribution >= 0.6 is 11.6 Å². The van der Waals surface area contributed by atoms with E-state index >= 15 is 0 Å². The summed E-state index contributed by atoms with van der Waals surface area (Å²) in [6, 6.07) is 12.1. The van der Waals surface area contributed by atoms with E-state index < -0.39 is 0 Å². The van der Waals surface area contributed by atoms with Gasteiger partial charge in [-0.3, -0.25) is 0 Å². The third-order valence-electron chi connectivity index (χ3n) is 5.04. The number of hydrogen-bond donors (Lipinski definition) is 0. The molecule has 6 nitrogen and oxygen atoms in total. The van der Waals surface area contributed by atoms with E-state index in [1.807, 2.05) is 42.0 Å². The minimum atomic E-state index is -0.294. The summed E-state index contributed by atoms with van der Waals surface area (Å²) >= 11 is 5.97. The summed E-state index contributed by atoms with van der Waals surface area (Å²) in [7, 11) is 1.63. The highest BCUT2D eigenvalue weighted by molar-refractivity contribution is 6.17. The van der Waals surface area contributed by atoms with Crippen molar-refractivity contribution in [2.45, 2.75) is 19.3 Å². The summed E-state index contributed by atoms with van der Waals surface area (Å²) in [5.41, 5.74) is 3.61. The van der Waals surface area contributed by atoms with Crippen molar-refractivity contribution < 1.29 is 13.5 Å². The van der Waals surface area contributed by atoms with Gasteiger partial charge in [0.05, 0.1) is 30.7 Å². The van der Waals surface area contributed by atoms with Crippen LogP contribution in [-0.4, -0.2) is 32.7 Å². The summed E-state index contributed by atoms with van der Waals surface area (Å²) in [5.74, 6) is 1.46. The Morgan fingerprint density at radius 1 is 1.16 bits per heavy atom. The molecule has 0 N–H and O–H groups in total. The molecule has 0 fully saturated rings. The van der Waals surface area contributed by atoms with Crippen LogP contribution in [0.4, 0.5) is 4.39 Å². The molecule has 0 spiro atoms. The summed E-state index contributed by atoms with van der Waals surface area (Å²) in [5, 5.41) is 8.30. The molecule has 8 heteroatoms. The maximum absolute atomic E-state index is 13.3. The first-order chi connectivity index (χ1) is 15.6. The van der Waals surface area contributed by atoms with Crippen molar-refractivity contribution in [2.75, 3.05) is 13.0 Å². The number of ether oxygens (including phenoxy) is 1. The van der Waals surface area contributed by atoms with Gasteiger partial charge in [0.25, 0.3) is 0 Å². The summed E-state index contributed by atoms with van der Waals surface area (Å²) in [6.07, 6.45) is 7.91. The minimum Gasteiger partial charge on any atom is -0.495 e. The normalized spacial score (nSPS) is 12.4. The fourth-order valence-corrected chi connectivity index (χ4v) is 3.64. The maximum atomic E-state index is 13.3. The molecule has 2 aromatic carbocycles. The van der Waals surface area contributed by atoms with Gasteiger partial charge < -0.3 is 13.7 Å². The monoisotopic (exact) mass is 452 g/mol. The molecular formula is C24H22ClFN4O2. The van der Waals surface area contributed by atoms with Gasteiger partial charge in [0.15, 0.2) is 0 Å². The first-order valence-electron chi connectivity index (χ1n) is 10.1. The maximum Gasteiger partial charge on any atom is 0.240 e. The van der Waals surface area contributed by atoms with Crippen LogP contribution in [0, 0.1) is 12.7 Å². The molecule has 0 amide bonds. The molecule has 0 aliphatic carbocycles. The fraction of sp³-hybridized carbons (Fsp3) is 0.208. The van der Waals surface area contributed by atoms with Crippen molar-refractivity contribution in [1.29, 1.82) is 0 Å². The zero-order valence-corrected chi connectivity index (χ0v) is 18.5. The molecule has 164 valence electrons. The largest absolute Gasteiger partial charge is 0.495 e. The summed E-state index contributed by atoms with van der Waals surface area (Å²) < 4.78 is 26.6. The lowest BCUT2D eigenvalue weighted by Crippen LogP contribution is -2.03. The number of aromatic nitrogens is 4. The van der Waals surface area contributed by atoms with E-state index in [1.54, 1.807) is 31.6 Å². The molecule has 32 heavy (non-hydrogen) atoms. The third-order valence-corrected chi connectivity index (χ3v) is 5.25. The van der Waals surface area contributed by atoms with E-state index in [-0.39, 0.29) is 11.7 Å². The van der Waals surface area contributed by atoms with Gasteiger partial charge >= 0.3 is 0 Å². The highest BCUT2D eigenvalue weighted by Gasteiger charge is 2.20. The lowest BCUT2D eigenvalue weighted by Gasteiger charge is -2.11.